The molecule has 1 amide bonds. The first-order valence-corrected chi connectivity index (χ1v) is 6.47. The third kappa shape index (κ3) is 3.87. The standard InChI is InChI=1S/C15H21NO5/c1-15(2,3)12(14(18)19)16-13(17)9-7-6-8-10(20-4)11(9)21-5/h6-8,12H,1-5H3,(H,16,17)(H,18,19)/t12-/m1/s1. The summed E-state index contributed by atoms with van der Waals surface area (Å²) in [4.78, 5) is 23.7. The van der Waals surface area contributed by atoms with Crippen molar-refractivity contribution in [1.29, 1.82) is 0 Å². The lowest BCUT2D eigenvalue weighted by Crippen LogP contribution is -2.49. The number of amides is 1. The number of para-hydroxylation sites is 1. The van der Waals surface area contributed by atoms with Crippen LogP contribution in [0, 0.1) is 5.41 Å². The van der Waals surface area contributed by atoms with Crippen molar-refractivity contribution in [1.82, 2.24) is 5.32 Å². The van der Waals surface area contributed by atoms with Crippen LogP contribution in [0.2, 0.25) is 0 Å². The van der Waals surface area contributed by atoms with E-state index in [1.807, 2.05) is 0 Å². The third-order valence-electron chi connectivity index (χ3n) is 3.04. The van der Waals surface area contributed by atoms with Crippen LogP contribution in [-0.2, 0) is 4.79 Å². The van der Waals surface area contributed by atoms with Crippen LogP contribution in [0.5, 0.6) is 11.5 Å². The van der Waals surface area contributed by atoms with Gasteiger partial charge in [0, 0.05) is 0 Å². The number of benzene rings is 1. The molecule has 0 aromatic heterocycles. The summed E-state index contributed by atoms with van der Waals surface area (Å²) >= 11 is 0. The molecule has 0 fully saturated rings. The van der Waals surface area contributed by atoms with Crippen molar-refractivity contribution < 1.29 is 24.2 Å². The predicted molar refractivity (Wildman–Crippen MR) is 77.9 cm³/mol. The van der Waals surface area contributed by atoms with E-state index in [0.717, 1.165) is 0 Å². The zero-order chi connectivity index (χ0) is 16.2. The van der Waals surface area contributed by atoms with Gasteiger partial charge in [0.05, 0.1) is 19.8 Å². The zero-order valence-electron chi connectivity index (χ0n) is 12.9. The molecule has 0 aliphatic heterocycles. The Labute approximate surface area is 124 Å². The van der Waals surface area contributed by atoms with Crippen LogP contribution in [-0.4, -0.2) is 37.2 Å². The molecule has 116 valence electrons. The van der Waals surface area contributed by atoms with Crippen LogP contribution in [0.1, 0.15) is 31.1 Å². The van der Waals surface area contributed by atoms with Crippen molar-refractivity contribution in [3.63, 3.8) is 0 Å². The maximum Gasteiger partial charge on any atom is 0.326 e. The molecule has 0 spiro atoms. The van der Waals surface area contributed by atoms with Gasteiger partial charge in [0.2, 0.25) is 0 Å². The molecule has 1 aromatic carbocycles. The summed E-state index contributed by atoms with van der Waals surface area (Å²) in [6.07, 6.45) is 0. The van der Waals surface area contributed by atoms with E-state index in [1.165, 1.54) is 14.2 Å². The number of ether oxygens (including phenoxy) is 2. The normalized spacial score (nSPS) is 12.4. The van der Waals surface area contributed by atoms with Gasteiger partial charge in [0.25, 0.3) is 5.91 Å². The molecule has 0 unspecified atom stereocenters. The van der Waals surface area contributed by atoms with E-state index >= 15 is 0 Å². The van der Waals surface area contributed by atoms with Gasteiger partial charge in [-0.05, 0) is 17.5 Å². The molecule has 6 heteroatoms. The van der Waals surface area contributed by atoms with Crippen molar-refractivity contribution in [3.05, 3.63) is 23.8 Å². The van der Waals surface area contributed by atoms with Crippen LogP contribution < -0.4 is 14.8 Å². The molecule has 1 atom stereocenters. The zero-order valence-corrected chi connectivity index (χ0v) is 12.9. The summed E-state index contributed by atoms with van der Waals surface area (Å²) in [5, 5.41) is 11.8. The second kappa shape index (κ2) is 6.47. The molecule has 6 nitrogen and oxygen atoms in total. The van der Waals surface area contributed by atoms with E-state index in [2.05, 4.69) is 5.32 Å². The molecule has 1 aromatic rings. The minimum Gasteiger partial charge on any atom is -0.493 e. The van der Waals surface area contributed by atoms with Crippen molar-refractivity contribution in [3.8, 4) is 11.5 Å². The fourth-order valence-corrected chi connectivity index (χ4v) is 1.92. The number of carbonyl (C=O) groups is 2. The predicted octanol–water partition coefficient (Wildman–Crippen LogP) is 1.93. The first-order valence-electron chi connectivity index (χ1n) is 6.47. The van der Waals surface area contributed by atoms with Gasteiger partial charge in [0.15, 0.2) is 11.5 Å². The number of nitrogens with one attached hydrogen (secondary N) is 1. The van der Waals surface area contributed by atoms with E-state index in [0.29, 0.717) is 5.75 Å². The highest BCUT2D eigenvalue weighted by molar-refractivity contribution is 5.99. The molecule has 2 N–H and O–H groups in total. The van der Waals surface area contributed by atoms with Crippen LogP contribution >= 0.6 is 0 Å². The lowest BCUT2D eigenvalue weighted by atomic mass is 9.86. The summed E-state index contributed by atoms with van der Waals surface area (Å²) in [6, 6.07) is 3.84. The van der Waals surface area contributed by atoms with E-state index in [1.54, 1.807) is 39.0 Å². The van der Waals surface area contributed by atoms with E-state index in [4.69, 9.17) is 9.47 Å². The molecule has 0 saturated carbocycles. The molecule has 0 radical (unpaired) electrons. The number of aliphatic carboxylic acids is 1. The van der Waals surface area contributed by atoms with Crippen LogP contribution in [0.25, 0.3) is 0 Å². The number of carbonyl (C=O) groups excluding carboxylic acids is 1. The summed E-state index contributed by atoms with van der Waals surface area (Å²) in [7, 11) is 2.89. The summed E-state index contributed by atoms with van der Waals surface area (Å²) in [5.74, 6) is -0.922. The minimum atomic E-state index is -1.09. The summed E-state index contributed by atoms with van der Waals surface area (Å²) < 4.78 is 10.3. The average molecular weight is 295 g/mol. The second-order valence-corrected chi connectivity index (χ2v) is 5.65. The molecule has 0 aliphatic carbocycles. The Morgan fingerprint density at radius 2 is 1.81 bits per heavy atom. The molecule has 0 aliphatic rings. The third-order valence-corrected chi connectivity index (χ3v) is 3.04. The van der Waals surface area contributed by atoms with Gasteiger partial charge in [0.1, 0.15) is 6.04 Å². The number of hydrogen-bond donors (Lipinski definition) is 2. The molecule has 0 heterocycles. The fourth-order valence-electron chi connectivity index (χ4n) is 1.92. The smallest absolute Gasteiger partial charge is 0.326 e. The van der Waals surface area contributed by atoms with Gasteiger partial charge < -0.3 is 19.9 Å². The Balaban J connectivity index is 3.12. The number of carboxylic acids is 1. The topological polar surface area (TPSA) is 84.9 Å². The lowest BCUT2D eigenvalue weighted by molar-refractivity contribution is -0.142. The number of rotatable bonds is 5. The van der Waals surface area contributed by atoms with Crippen molar-refractivity contribution in [2.45, 2.75) is 26.8 Å². The Morgan fingerprint density at radius 1 is 1.19 bits per heavy atom. The summed E-state index contributed by atoms with van der Waals surface area (Å²) in [5.41, 5.74) is -0.388. The minimum absolute atomic E-state index is 0.229. The highest BCUT2D eigenvalue weighted by Crippen LogP contribution is 2.31. The maximum absolute atomic E-state index is 12.3. The van der Waals surface area contributed by atoms with Crippen molar-refractivity contribution >= 4 is 11.9 Å². The van der Waals surface area contributed by atoms with Crippen LogP contribution in [0.4, 0.5) is 0 Å². The highest BCUT2D eigenvalue weighted by atomic mass is 16.5. The van der Waals surface area contributed by atoms with Gasteiger partial charge in [-0.25, -0.2) is 4.79 Å². The average Bonchev–Trinajstić information content (AvgIpc) is 2.41. The number of hydrogen-bond acceptors (Lipinski definition) is 4. The van der Waals surface area contributed by atoms with E-state index in [-0.39, 0.29) is 11.3 Å². The molecular weight excluding hydrogens is 274 g/mol. The number of methoxy groups -OCH3 is 2. The van der Waals surface area contributed by atoms with Gasteiger partial charge in [-0.2, -0.15) is 0 Å². The SMILES string of the molecule is COc1cccc(C(=O)N[C@H](C(=O)O)C(C)(C)C)c1OC. The van der Waals surface area contributed by atoms with Gasteiger partial charge >= 0.3 is 5.97 Å². The van der Waals surface area contributed by atoms with Crippen LogP contribution in [0.15, 0.2) is 18.2 Å². The molecule has 1 rings (SSSR count). The molecule has 0 bridgehead atoms. The number of carboxylic acid groups (broad SMARTS) is 1. The molecular formula is C15H21NO5. The Morgan fingerprint density at radius 3 is 2.24 bits per heavy atom. The fraction of sp³-hybridized carbons (Fsp3) is 0.467. The Bertz CT molecular complexity index is 533. The monoisotopic (exact) mass is 295 g/mol. The van der Waals surface area contributed by atoms with E-state index in [9.17, 15) is 14.7 Å². The largest absolute Gasteiger partial charge is 0.493 e. The molecule has 21 heavy (non-hydrogen) atoms. The Kier molecular flexibility index (Phi) is 5.18. The molecule has 0 saturated heterocycles. The highest BCUT2D eigenvalue weighted by Gasteiger charge is 2.33. The Hall–Kier alpha value is -2.24. The van der Waals surface area contributed by atoms with Crippen molar-refractivity contribution in [2.24, 2.45) is 5.41 Å². The first kappa shape index (κ1) is 16.8. The van der Waals surface area contributed by atoms with Gasteiger partial charge in [-0.15, -0.1) is 0 Å². The van der Waals surface area contributed by atoms with Gasteiger partial charge in [-0.1, -0.05) is 26.8 Å². The van der Waals surface area contributed by atoms with Gasteiger partial charge in [-0.3, -0.25) is 4.79 Å². The summed E-state index contributed by atoms with van der Waals surface area (Å²) in [6.45, 7) is 5.23. The van der Waals surface area contributed by atoms with Crippen LogP contribution in [0.3, 0.4) is 0 Å². The second-order valence-electron chi connectivity index (χ2n) is 5.65. The van der Waals surface area contributed by atoms with Crippen molar-refractivity contribution in [2.75, 3.05) is 14.2 Å². The van der Waals surface area contributed by atoms with E-state index < -0.39 is 23.3 Å². The maximum atomic E-state index is 12.3. The quantitative estimate of drug-likeness (QED) is 0.867. The lowest BCUT2D eigenvalue weighted by Gasteiger charge is -2.28. The first-order chi connectivity index (χ1) is 9.72.